The predicted molar refractivity (Wildman–Crippen MR) is 91.5 cm³/mol. The average molecular weight is 304 g/mol. The van der Waals surface area contributed by atoms with Crippen LogP contribution in [0.3, 0.4) is 0 Å². The summed E-state index contributed by atoms with van der Waals surface area (Å²) in [6.45, 7) is 3.54. The highest BCUT2D eigenvalue weighted by Gasteiger charge is 2.18. The first-order chi connectivity index (χ1) is 11.2. The molecule has 0 fully saturated rings. The van der Waals surface area contributed by atoms with E-state index in [1.165, 1.54) is 0 Å². The van der Waals surface area contributed by atoms with Gasteiger partial charge in [0.05, 0.1) is 5.39 Å². The fourth-order valence-electron chi connectivity index (χ4n) is 2.42. The Morgan fingerprint density at radius 2 is 1.74 bits per heavy atom. The molecule has 1 atom stereocenters. The van der Waals surface area contributed by atoms with Crippen LogP contribution in [0.4, 0.5) is 0 Å². The summed E-state index contributed by atoms with van der Waals surface area (Å²) in [5, 5.41) is 0.499. The third kappa shape index (κ3) is 2.97. The van der Waals surface area contributed by atoms with Gasteiger partial charge in [-0.15, -0.1) is 5.92 Å². The van der Waals surface area contributed by atoms with Gasteiger partial charge in [0.2, 0.25) is 11.2 Å². The second kappa shape index (κ2) is 6.41. The van der Waals surface area contributed by atoms with Gasteiger partial charge in [0, 0.05) is 5.56 Å². The van der Waals surface area contributed by atoms with Gasteiger partial charge in [0.15, 0.2) is 11.9 Å². The molecule has 3 nitrogen and oxygen atoms in total. The Morgan fingerprint density at radius 1 is 1.04 bits per heavy atom. The number of hydrogen-bond acceptors (Lipinski definition) is 3. The molecule has 0 saturated carbocycles. The van der Waals surface area contributed by atoms with E-state index in [0.717, 1.165) is 5.56 Å². The molecule has 114 valence electrons. The summed E-state index contributed by atoms with van der Waals surface area (Å²) in [6.07, 6.45) is -0.397. The van der Waals surface area contributed by atoms with Gasteiger partial charge in [0.25, 0.3) is 0 Å². The molecule has 1 heterocycles. The van der Waals surface area contributed by atoms with E-state index < -0.39 is 6.10 Å². The van der Waals surface area contributed by atoms with E-state index in [2.05, 4.69) is 11.8 Å². The first-order valence-electron chi connectivity index (χ1n) is 7.41. The van der Waals surface area contributed by atoms with Crippen molar-refractivity contribution in [1.82, 2.24) is 0 Å². The average Bonchev–Trinajstić information content (AvgIpc) is 2.58. The Kier molecular flexibility index (Phi) is 4.16. The molecule has 2 aromatic carbocycles. The monoisotopic (exact) mass is 304 g/mol. The molecule has 0 unspecified atom stereocenters. The molecule has 0 radical (unpaired) electrons. The molecule has 1 aromatic heterocycles. The topological polar surface area (TPSA) is 39.4 Å². The van der Waals surface area contributed by atoms with Crippen LogP contribution in [-0.4, -0.2) is 6.10 Å². The molecule has 0 amide bonds. The molecule has 0 aliphatic rings. The van der Waals surface area contributed by atoms with E-state index >= 15 is 0 Å². The summed E-state index contributed by atoms with van der Waals surface area (Å²) in [4.78, 5) is 12.8. The Bertz CT molecular complexity index is 943. The molecule has 0 saturated heterocycles. The first kappa shape index (κ1) is 14.9. The van der Waals surface area contributed by atoms with Crippen LogP contribution in [0.25, 0.3) is 22.3 Å². The zero-order chi connectivity index (χ0) is 16.2. The number of ether oxygens (including phenoxy) is 1. The van der Waals surface area contributed by atoms with E-state index in [-0.39, 0.29) is 11.2 Å². The molecule has 0 bridgehead atoms. The van der Waals surface area contributed by atoms with Gasteiger partial charge < -0.3 is 9.15 Å². The largest absolute Gasteiger partial charge is 0.470 e. The van der Waals surface area contributed by atoms with E-state index in [9.17, 15) is 4.79 Å². The summed E-state index contributed by atoms with van der Waals surface area (Å²) >= 11 is 0. The summed E-state index contributed by atoms with van der Waals surface area (Å²) in [6, 6.07) is 16.6. The molecule has 0 spiro atoms. The molecular formula is C20H16O3. The van der Waals surface area contributed by atoms with Crippen LogP contribution in [-0.2, 0) is 0 Å². The van der Waals surface area contributed by atoms with Crippen molar-refractivity contribution in [2.45, 2.75) is 20.0 Å². The fraction of sp³-hybridized carbons (Fsp3) is 0.150. The fourth-order valence-corrected chi connectivity index (χ4v) is 2.42. The third-order valence-electron chi connectivity index (χ3n) is 3.43. The predicted octanol–water partition coefficient (Wildman–Crippen LogP) is 4.25. The van der Waals surface area contributed by atoms with Crippen molar-refractivity contribution in [3.05, 3.63) is 64.8 Å². The Balaban J connectivity index is 2.27. The normalized spacial score (nSPS) is 11.6. The second-order valence-electron chi connectivity index (χ2n) is 5.11. The van der Waals surface area contributed by atoms with E-state index in [4.69, 9.17) is 9.15 Å². The highest BCUT2D eigenvalue weighted by Crippen LogP contribution is 2.31. The smallest absolute Gasteiger partial charge is 0.235 e. The van der Waals surface area contributed by atoms with Gasteiger partial charge in [0.1, 0.15) is 5.58 Å². The molecule has 0 aliphatic heterocycles. The van der Waals surface area contributed by atoms with Crippen LogP contribution in [0.15, 0.2) is 63.8 Å². The number of para-hydroxylation sites is 1. The minimum absolute atomic E-state index is 0.185. The quantitative estimate of drug-likeness (QED) is 0.679. The van der Waals surface area contributed by atoms with E-state index in [1.54, 1.807) is 32.0 Å². The van der Waals surface area contributed by atoms with Gasteiger partial charge in [-0.3, -0.25) is 4.79 Å². The molecule has 3 rings (SSSR count). The minimum atomic E-state index is -0.397. The van der Waals surface area contributed by atoms with Gasteiger partial charge in [-0.05, 0) is 26.0 Å². The maximum Gasteiger partial charge on any atom is 0.235 e. The van der Waals surface area contributed by atoms with Crippen LogP contribution in [0.2, 0.25) is 0 Å². The zero-order valence-electron chi connectivity index (χ0n) is 13.0. The van der Waals surface area contributed by atoms with Crippen molar-refractivity contribution in [3.8, 4) is 28.9 Å². The van der Waals surface area contributed by atoms with Gasteiger partial charge in [-0.1, -0.05) is 48.4 Å². The lowest BCUT2D eigenvalue weighted by Gasteiger charge is -2.13. The SMILES string of the molecule is CC#C[C@H](C)Oc1c(-c2ccccc2)oc2ccccc2c1=O. The summed E-state index contributed by atoms with van der Waals surface area (Å²) in [5.74, 6) is 6.32. The standard InChI is InChI=1S/C20H16O3/c1-3-9-14(2)22-20-18(21)16-12-7-8-13-17(16)23-19(20)15-10-5-4-6-11-15/h4-8,10-14H,1-2H3/t14-/m0/s1. The molecular weight excluding hydrogens is 288 g/mol. The number of rotatable bonds is 3. The summed E-state index contributed by atoms with van der Waals surface area (Å²) in [7, 11) is 0. The van der Waals surface area contributed by atoms with Gasteiger partial charge in [-0.25, -0.2) is 0 Å². The highest BCUT2D eigenvalue weighted by atomic mass is 16.5. The Hall–Kier alpha value is -2.99. The molecule has 0 aliphatic carbocycles. The minimum Gasteiger partial charge on any atom is -0.470 e. The molecule has 3 aromatic rings. The molecule has 3 heteroatoms. The summed E-state index contributed by atoms with van der Waals surface area (Å²) in [5.41, 5.74) is 1.15. The van der Waals surface area contributed by atoms with Gasteiger partial charge >= 0.3 is 0 Å². The van der Waals surface area contributed by atoms with Crippen LogP contribution < -0.4 is 10.2 Å². The lowest BCUT2D eigenvalue weighted by Crippen LogP contribution is -2.16. The highest BCUT2D eigenvalue weighted by molar-refractivity contribution is 5.81. The molecule has 23 heavy (non-hydrogen) atoms. The maximum absolute atomic E-state index is 12.8. The Labute approximate surface area is 134 Å². The van der Waals surface area contributed by atoms with Crippen molar-refractivity contribution in [3.63, 3.8) is 0 Å². The lowest BCUT2D eigenvalue weighted by molar-refractivity contribution is 0.271. The zero-order valence-corrected chi connectivity index (χ0v) is 13.0. The Morgan fingerprint density at radius 3 is 2.48 bits per heavy atom. The van der Waals surface area contributed by atoms with Crippen molar-refractivity contribution in [2.24, 2.45) is 0 Å². The van der Waals surface area contributed by atoms with E-state index in [0.29, 0.717) is 16.7 Å². The van der Waals surface area contributed by atoms with Crippen LogP contribution in [0, 0.1) is 11.8 Å². The lowest BCUT2D eigenvalue weighted by atomic mass is 10.1. The van der Waals surface area contributed by atoms with Gasteiger partial charge in [-0.2, -0.15) is 0 Å². The van der Waals surface area contributed by atoms with Crippen LogP contribution in [0.5, 0.6) is 5.75 Å². The third-order valence-corrected chi connectivity index (χ3v) is 3.43. The number of hydrogen-bond donors (Lipinski definition) is 0. The van der Waals surface area contributed by atoms with E-state index in [1.807, 2.05) is 36.4 Å². The van der Waals surface area contributed by atoms with Crippen LogP contribution >= 0.6 is 0 Å². The maximum atomic E-state index is 12.8. The van der Waals surface area contributed by atoms with Crippen molar-refractivity contribution < 1.29 is 9.15 Å². The number of benzene rings is 2. The second-order valence-corrected chi connectivity index (χ2v) is 5.11. The molecule has 0 N–H and O–H groups in total. The van der Waals surface area contributed by atoms with Crippen molar-refractivity contribution in [2.75, 3.05) is 0 Å². The van der Waals surface area contributed by atoms with Crippen molar-refractivity contribution >= 4 is 11.0 Å². The first-order valence-corrected chi connectivity index (χ1v) is 7.41. The van der Waals surface area contributed by atoms with Crippen LogP contribution in [0.1, 0.15) is 13.8 Å². The number of fused-ring (bicyclic) bond motifs is 1. The summed E-state index contributed by atoms with van der Waals surface area (Å²) < 4.78 is 11.8. The van der Waals surface area contributed by atoms with Crippen molar-refractivity contribution in [1.29, 1.82) is 0 Å².